The van der Waals surface area contributed by atoms with Crippen molar-refractivity contribution in [1.29, 1.82) is 0 Å². The number of imidazole rings is 1. The minimum absolute atomic E-state index is 0.0602. The summed E-state index contributed by atoms with van der Waals surface area (Å²) in [6.07, 6.45) is 7.49. The monoisotopic (exact) mass is 391 g/mol. The van der Waals surface area contributed by atoms with Gasteiger partial charge in [-0.2, -0.15) is 0 Å². The molecule has 0 unspecified atom stereocenters. The van der Waals surface area contributed by atoms with Crippen LogP contribution in [-0.2, 0) is 24.3 Å². The number of carbonyl (C=O) groups is 1. The van der Waals surface area contributed by atoms with Gasteiger partial charge in [0.25, 0.3) is 0 Å². The van der Waals surface area contributed by atoms with Gasteiger partial charge >= 0.3 is 0 Å². The molecule has 0 fully saturated rings. The molecule has 0 N–H and O–H groups in total. The van der Waals surface area contributed by atoms with E-state index in [4.69, 9.17) is 0 Å². The highest BCUT2D eigenvalue weighted by atomic mass is 32.1. The van der Waals surface area contributed by atoms with Crippen LogP contribution in [0.2, 0.25) is 0 Å². The number of nitrogens with zero attached hydrogens (tertiary/aromatic N) is 7. The van der Waals surface area contributed by atoms with Gasteiger partial charge in [-0.1, -0.05) is 11.3 Å². The van der Waals surface area contributed by atoms with E-state index in [9.17, 15) is 4.79 Å². The molecule has 0 saturated carbocycles. The van der Waals surface area contributed by atoms with Crippen LogP contribution in [0.15, 0.2) is 36.9 Å². The summed E-state index contributed by atoms with van der Waals surface area (Å²) >= 11 is 1.53. The van der Waals surface area contributed by atoms with Crippen LogP contribution in [0, 0.1) is 6.92 Å². The normalized spacial score (nSPS) is 13.7. The fraction of sp³-hybridized carbons (Fsp3) is 0.263. The Balaban J connectivity index is 1.38. The molecule has 4 aromatic heterocycles. The molecule has 0 spiro atoms. The fourth-order valence-electron chi connectivity index (χ4n) is 3.36. The van der Waals surface area contributed by atoms with Crippen LogP contribution in [0.4, 0.5) is 0 Å². The summed E-state index contributed by atoms with van der Waals surface area (Å²) in [6.45, 7) is 3.94. The van der Waals surface area contributed by atoms with Crippen molar-refractivity contribution in [3.8, 4) is 10.6 Å². The number of aromatic nitrogens is 6. The second kappa shape index (κ2) is 6.75. The van der Waals surface area contributed by atoms with Gasteiger partial charge in [-0.15, -0.1) is 10.2 Å². The van der Waals surface area contributed by atoms with Crippen molar-refractivity contribution in [3.63, 3.8) is 0 Å². The van der Waals surface area contributed by atoms with Crippen LogP contribution in [0.1, 0.15) is 16.5 Å². The Hall–Kier alpha value is -3.20. The first-order valence-corrected chi connectivity index (χ1v) is 9.80. The number of pyridine rings is 2. The summed E-state index contributed by atoms with van der Waals surface area (Å²) in [5.41, 5.74) is 2.45. The molecule has 5 rings (SSSR count). The van der Waals surface area contributed by atoms with E-state index in [-0.39, 0.29) is 12.3 Å². The van der Waals surface area contributed by atoms with Crippen LogP contribution in [0.3, 0.4) is 0 Å². The van der Waals surface area contributed by atoms with Crippen molar-refractivity contribution >= 4 is 28.1 Å². The minimum Gasteiger partial charge on any atom is -0.333 e. The molecule has 1 amide bonds. The number of aryl methyl sites for hydroxylation is 1. The lowest BCUT2D eigenvalue weighted by atomic mass is 10.1. The van der Waals surface area contributed by atoms with Crippen molar-refractivity contribution in [1.82, 2.24) is 34.6 Å². The maximum atomic E-state index is 12.7. The van der Waals surface area contributed by atoms with Gasteiger partial charge in [0.15, 0.2) is 0 Å². The van der Waals surface area contributed by atoms with E-state index in [1.165, 1.54) is 11.3 Å². The molecule has 0 radical (unpaired) electrons. The lowest BCUT2D eigenvalue weighted by molar-refractivity contribution is -0.132. The first-order chi connectivity index (χ1) is 13.7. The summed E-state index contributed by atoms with van der Waals surface area (Å²) in [6, 6.07) is 3.96. The van der Waals surface area contributed by atoms with Gasteiger partial charge < -0.3 is 9.47 Å². The summed E-state index contributed by atoms with van der Waals surface area (Å²) in [5, 5.41) is 10.9. The van der Waals surface area contributed by atoms with Gasteiger partial charge in [-0.05, 0) is 19.1 Å². The molecule has 4 aromatic rings. The van der Waals surface area contributed by atoms with Crippen LogP contribution in [0.5, 0.6) is 0 Å². The fourth-order valence-corrected chi connectivity index (χ4v) is 4.03. The van der Waals surface area contributed by atoms with E-state index in [2.05, 4.69) is 29.7 Å². The minimum atomic E-state index is 0.0602. The number of hydrogen-bond donors (Lipinski definition) is 0. The molecule has 0 saturated heterocycles. The van der Waals surface area contributed by atoms with E-state index in [1.807, 2.05) is 30.2 Å². The maximum Gasteiger partial charge on any atom is 0.229 e. The summed E-state index contributed by atoms with van der Waals surface area (Å²) in [4.78, 5) is 27.8. The summed E-state index contributed by atoms with van der Waals surface area (Å²) in [5.74, 6) is 0.984. The van der Waals surface area contributed by atoms with E-state index >= 15 is 0 Å². The third kappa shape index (κ3) is 3.13. The number of rotatable bonds is 3. The predicted octanol–water partition coefficient (Wildman–Crippen LogP) is 2.24. The van der Waals surface area contributed by atoms with E-state index in [0.29, 0.717) is 13.1 Å². The Morgan fingerprint density at radius 1 is 1.14 bits per heavy atom. The van der Waals surface area contributed by atoms with Crippen molar-refractivity contribution in [3.05, 3.63) is 53.4 Å². The molecule has 0 aliphatic carbocycles. The number of carbonyl (C=O) groups excluding carboxylic acids is 1. The molecule has 28 heavy (non-hydrogen) atoms. The Kier molecular flexibility index (Phi) is 4.09. The average Bonchev–Trinajstić information content (AvgIpc) is 3.35. The van der Waals surface area contributed by atoms with Crippen LogP contribution in [0.25, 0.3) is 21.5 Å². The average molecular weight is 391 g/mol. The van der Waals surface area contributed by atoms with E-state index in [1.54, 1.807) is 18.6 Å². The van der Waals surface area contributed by atoms with E-state index in [0.717, 1.165) is 44.5 Å². The third-order valence-corrected chi connectivity index (χ3v) is 5.71. The quantitative estimate of drug-likeness (QED) is 0.532. The highest BCUT2D eigenvalue weighted by molar-refractivity contribution is 7.14. The van der Waals surface area contributed by atoms with Crippen LogP contribution >= 0.6 is 11.3 Å². The maximum absolute atomic E-state index is 12.7. The number of hydrogen-bond acceptors (Lipinski definition) is 7. The lowest BCUT2D eigenvalue weighted by Gasteiger charge is -2.27. The zero-order valence-corrected chi connectivity index (χ0v) is 16.1. The molecule has 0 atom stereocenters. The second-order valence-electron chi connectivity index (χ2n) is 6.75. The first kappa shape index (κ1) is 16.9. The molecule has 1 aliphatic heterocycles. The van der Waals surface area contributed by atoms with Crippen LogP contribution < -0.4 is 0 Å². The predicted molar refractivity (Wildman–Crippen MR) is 105 cm³/mol. The van der Waals surface area contributed by atoms with E-state index < -0.39 is 0 Å². The smallest absolute Gasteiger partial charge is 0.229 e. The summed E-state index contributed by atoms with van der Waals surface area (Å²) < 4.78 is 2.08. The second-order valence-corrected chi connectivity index (χ2v) is 7.93. The molecule has 1 aliphatic rings. The van der Waals surface area contributed by atoms with Gasteiger partial charge in [-0.25, -0.2) is 4.98 Å². The largest absolute Gasteiger partial charge is 0.333 e. The lowest BCUT2D eigenvalue weighted by Crippen LogP contribution is -2.39. The topological polar surface area (TPSA) is 89.7 Å². The zero-order valence-electron chi connectivity index (χ0n) is 15.2. The Morgan fingerprint density at radius 2 is 2.07 bits per heavy atom. The highest BCUT2D eigenvalue weighted by Gasteiger charge is 2.21. The number of amides is 1. The standard InChI is InChI=1S/C19H17N7OS/c1-12-23-24-19(28-12)14-6-13-7-15(21-10-16(13)22-9-14)8-18(27)26-5-4-25-3-2-20-17(25)11-26/h2-3,6-7,9-10H,4-5,8,11H2,1H3. The van der Waals surface area contributed by atoms with Gasteiger partial charge in [0, 0.05) is 42.6 Å². The Bertz CT molecular complexity index is 1180. The molecule has 9 heteroatoms. The van der Waals surface area contributed by atoms with Gasteiger partial charge in [0.2, 0.25) is 5.91 Å². The first-order valence-electron chi connectivity index (χ1n) is 8.99. The molecule has 0 aromatic carbocycles. The molecule has 8 nitrogen and oxygen atoms in total. The number of fused-ring (bicyclic) bond motifs is 2. The van der Waals surface area contributed by atoms with Crippen molar-refractivity contribution in [2.45, 2.75) is 26.4 Å². The zero-order chi connectivity index (χ0) is 19.1. The van der Waals surface area contributed by atoms with Crippen molar-refractivity contribution in [2.75, 3.05) is 6.54 Å². The van der Waals surface area contributed by atoms with Gasteiger partial charge in [0.1, 0.15) is 15.8 Å². The molecule has 140 valence electrons. The molecule has 0 bridgehead atoms. The molecular weight excluding hydrogens is 374 g/mol. The molecule has 5 heterocycles. The van der Waals surface area contributed by atoms with Crippen molar-refractivity contribution < 1.29 is 4.79 Å². The van der Waals surface area contributed by atoms with Gasteiger partial charge in [0.05, 0.1) is 30.4 Å². The highest BCUT2D eigenvalue weighted by Crippen LogP contribution is 2.25. The Labute approximate surface area is 164 Å². The van der Waals surface area contributed by atoms with Gasteiger partial charge in [-0.3, -0.25) is 14.8 Å². The van der Waals surface area contributed by atoms with Crippen molar-refractivity contribution in [2.24, 2.45) is 0 Å². The van der Waals surface area contributed by atoms with Crippen LogP contribution in [-0.4, -0.2) is 47.1 Å². The summed E-state index contributed by atoms with van der Waals surface area (Å²) in [7, 11) is 0. The third-order valence-electron chi connectivity index (χ3n) is 4.83. The Morgan fingerprint density at radius 3 is 2.93 bits per heavy atom. The molecular formula is C19H17N7OS. The SMILES string of the molecule is Cc1nnc(-c2cnc3cnc(CC(=O)N4CCn5ccnc5C4)cc3c2)s1.